The average molecular weight is 175 g/mol. The Balaban J connectivity index is 2.10. The largest absolute Gasteiger partial charge is 0.388 e. The van der Waals surface area contributed by atoms with E-state index in [-0.39, 0.29) is 0 Å². The van der Waals surface area contributed by atoms with Crippen molar-refractivity contribution in [2.24, 2.45) is 0 Å². The van der Waals surface area contributed by atoms with Crippen LogP contribution in [0.2, 0.25) is 0 Å². The Bertz CT molecular complexity index is 284. The monoisotopic (exact) mass is 175 g/mol. The number of hydrogen-bond donors (Lipinski definition) is 1. The standard InChI is InChI=1S/C10H13N3/c1-2-4-12-9(3-1)7-10-8-11-5-6-13-10/h5-8,12H,1-4H2. The number of aromatic nitrogens is 2. The van der Waals surface area contributed by atoms with Crippen molar-refractivity contribution in [1.29, 1.82) is 0 Å². The van der Waals surface area contributed by atoms with Crippen molar-refractivity contribution in [2.45, 2.75) is 19.3 Å². The molecule has 2 heterocycles. The molecule has 3 heteroatoms. The average Bonchev–Trinajstić information content (AvgIpc) is 2.21. The van der Waals surface area contributed by atoms with E-state index in [2.05, 4.69) is 21.4 Å². The topological polar surface area (TPSA) is 37.8 Å². The summed E-state index contributed by atoms with van der Waals surface area (Å²) in [6, 6.07) is 0. The molecule has 1 aromatic rings. The highest BCUT2D eigenvalue weighted by molar-refractivity contribution is 5.47. The number of allylic oxidation sites excluding steroid dienone is 1. The summed E-state index contributed by atoms with van der Waals surface area (Å²) in [5, 5.41) is 3.36. The van der Waals surface area contributed by atoms with E-state index in [1.165, 1.54) is 18.5 Å². The van der Waals surface area contributed by atoms with Gasteiger partial charge in [-0.3, -0.25) is 9.97 Å². The predicted octanol–water partition coefficient (Wildman–Crippen LogP) is 1.59. The van der Waals surface area contributed by atoms with Gasteiger partial charge in [-0.2, -0.15) is 0 Å². The molecule has 3 nitrogen and oxygen atoms in total. The molecule has 13 heavy (non-hydrogen) atoms. The van der Waals surface area contributed by atoms with E-state index >= 15 is 0 Å². The van der Waals surface area contributed by atoms with E-state index in [4.69, 9.17) is 0 Å². The first-order valence-electron chi connectivity index (χ1n) is 4.65. The minimum atomic E-state index is 0.937. The zero-order valence-electron chi connectivity index (χ0n) is 7.53. The Kier molecular flexibility index (Phi) is 2.55. The van der Waals surface area contributed by atoms with E-state index in [9.17, 15) is 0 Å². The minimum absolute atomic E-state index is 0.937. The Labute approximate surface area is 77.9 Å². The van der Waals surface area contributed by atoms with Gasteiger partial charge in [0.15, 0.2) is 0 Å². The third-order valence-electron chi connectivity index (χ3n) is 2.13. The minimum Gasteiger partial charge on any atom is -0.388 e. The highest BCUT2D eigenvalue weighted by Gasteiger charge is 2.03. The quantitative estimate of drug-likeness (QED) is 0.704. The predicted molar refractivity (Wildman–Crippen MR) is 51.9 cm³/mol. The molecule has 0 atom stereocenters. The van der Waals surface area contributed by atoms with E-state index < -0.39 is 0 Å². The molecule has 0 aliphatic carbocycles. The fraction of sp³-hybridized carbons (Fsp3) is 0.400. The first-order chi connectivity index (χ1) is 6.45. The van der Waals surface area contributed by atoms with Crippen LogP contribution in [0.5, 0.6) is 0 Å². The van der Waals surface area contributed by atoms with Gasteiger partial charge in [0.05, 0.1) is 11.9 Å². The van der Waals surface area contributed by atoms with Crippen LogP contribution in [-0.2, 0) is 0 Å². The lowest BCUT2D eigenvalue weighted by Crippen LogP contribution is -2.19. The summed E-state index contributed by atoms with van der Waals surface area (Å²) in [6.07, 6.45) is 11.0. The van der Waals surface area contributed by atoms with Crippen molar-refractivity contribution in [2.75, 3.05) is 6.54 Å². The maximum Gasteiger partial charge on any atom is 0.0830 e. The van der Waals surface area contributed by atoms with Crippen LogP contribution in [0.4, 0.5) is 0 Å². The molecule has 2 rings (SSSR count). The van der Waals surface area contributed by atoms with Crippen LogP contribution in [0.1, 0.15) is 25.0 Å². The third kappa shape index (κ3) is 2.28. The zero-order valence-corrected chi connectivity index (χ0v) is 7.53. The van der Waals surface area contributed by atoms with Crippen LogP contribution in [0.25, 0.3) is 6.08 Å². The maximum absolute atomic E-state index is 4.19. The molecular weight excluding hydrogens is 162 g/mol. The number of hydrogen-bond acceptors (Lipinski definition) is 3. The lowest BCUT2D eigenvalue weighted by atomic mass is 10.1. The molecule has 0 radical (unpaired) electrons. The van der Waals surface area contributed by atoms with Crippen molar-refractivity contribution in [3.63, 3.8) is 0 Å². The van der Waals surface area contributed by atoms with E-state index in [1.54, 1.807) is 18.6 Å². The third-order valence-corrected chi connectivity index (χ3v) is 2.13. The number of rotatable bonds is 1. The number of nitrogens with one attached hydrogen (secondary N) is 1. The van der Waals surface area contributed by atoms with Gasteiger partial charge in [0.2, 0.25) is 0 Å². The van der Waals surface area contributed by atoms with E-state index in [0.29, 0.717) is 0 Å². The van der Waals surface area contributed by atoms with Gasteiger partial charge in [-0.15, -0.1) is 0 Å². The van der Waals surface area contributed by atoms with Crippen molar-refractivity contribution in [1.82, 2.24) is 15.3 Å². The SMILES string of the molecule is C(=C1CCCCN1)c1cnccn1. The van der Waals surface area contributed by atoms with Crippen LogP contribution in [0, 0.1) is 0 Å². The molecule has 1 fully saturated rings. The maximum atomic E-state index is 4.19. The number of nitrogens with zero attached hydrogens (tertiary/aromatic N) is 2. The molecule has 1 N–H and O–H groups in total. The van der Waals surface area contributed by atoms with Crippen LogP contribution >= 0.6 is 0 Å². The summed E-state index contributed by atoms with van der Waals surface area (Å²) in [6.45, 7) is 1.09. The molecule has 1 saturated heterocycles. The van der Waals surface area contributed by atoms with Crippen molar-refractivity contribution < 1.29 is 0 Å². The van der Waals surface area contributed by atoms with Crippen LogP contribution < -0.4 is 5.32 Å². The first kappa shape index (κ1) is 8.23. The van der Waals surface area contributed by atoms with E-state index in [1.807, 2.05) is 0 Å². The molecule has 0 aromatic carbocycles. The van der Waals surface area contributed by atoms with Crippen molar-refractivity contribution in [3.8, 4) is 0 Å². The van der Waals surface area contributed by atoms with Crippen molar-refractivity contribution in [3.05, 3.63) is 30.0 Å². The molecule has 0 bridgehead atoms. The lowest BCUT2D eigenvalue weighted by Gasteiger charge is -2.16. The second kappa shape index (κ2) is 4.03. The molecular formula is C10H13N3. The smallest absolute Gasteiger partial charge is 0.0830 e. The van der Waals surface area contributed by atoms with Crippen molar-refractivity contribution >= 4 is 6.08 Å². The van der Waals surface area contributed by atoms with Gasteiger partial charge in [-0.1, -0.05) is 0 Å². The lowest BCUT2D eigenvalue weighted by molar-refractivity contribution is 0.592. The van der Waals surface area contributed by atoms with E-state index in [0.717, 1.165) is 18.7 Å². The first-order valence-corrected chi connectivity index (χ1v) is 4.65. The van der Waals surface area contributed by atoms with Gasteiger partial charge in [0, 0.05) is 24.6 Å². The van der Waals surface area contributed by atoms with Gasteiger partial charge >= 0.3 is 0 Å². The molecule has 1 aromatic heterocycles. The number of piperidine rings is 1. The second-order valence-corrected chi connectivity index (χ2v) is 3.18. The Morgan fingerprint density at radius 1 is 1.31 bits per heavy atom. The van der Waals surface area contributed by atoms with Gasteiger partial charge in [0.25, 0.3) is 0 Å². The van der Waals surface area contributed by atoms with Crippen LogP contribution in [-0.4, -0.2) is 16.5 Å². The summed E-state index contributed by atoms with van der Waals surface area (Å²) < 4.78 is 0. The summed E-state index contributed by atoms with van der Waals surface area (Å²) in [5.41, 5.74) is 2.22. The Hall–Kier alpha value is -1.38. The molecule has 0 saturated carbocycles. The summed E-state index contributed by atoms with van der Waals surface area (Å²) in [5.74, 6) is 0. The van der Waals surface area contributed by atoms with Crippen LogP contribution in [0.15, 0.2) is 24.3 Å². The summed E-state index contributed by atoms with van der Waals surface area (Å²) in [7, 11) is 0. The molecule has 0 unspecified atom stereocenters. The second-order valence-electron chi connectivity index (χ2n) is 3.18. The highest BCUT2D eigenvalue weighted by Crippen LogP contribution is 2.12. The fourth-order valence-electron chi connectivity index (χ4n) is 1.46. The molecule has 1 aliphatic rings. The highest BCUT2D eigenvalue weighted by atomic mass is 14.9. The molecule has 0 spiro atoms. The van der Waals surface area contributed by atoms with Gasteiger partial charge in [-0.25, -0.2) is 0 Å². The molecule has 0 amide bonds. The summed E-state index contributed by atoms with van der Waals surface area (Å²) in [4.78, 5) is 8.21. The van der Waals surface area contributed by atoms with Gasteiger partial charge in [0.1, 0.15) is 0 Å². The molecule has 1 aliphatic heterocycles. The van der Waals surface area contributed by atoms with Gasteiger partial charge in [-0.05, 0) is 25.3 Å². The summed E-state index contributed by atoms with van der Waals surface area (Å²) >= 11 is 0. The van der Waals surface area contributed by atoms with Crippen LogP contribution in [0.3, 0.4) is 0 Å². The molecule has 68 valence electrons. The normalized spacial score (nSPS) is 19.8. The van der Waals surface area contributed by atoms with Gasteiger partial charge < -0.3 is 5.32 Å². The Morgan fingerprint density at radius 3 is 3.00 bits per heavy atom. The Morgan fingerprint density at radius 2 is 2.31 bits per heavy atom. The fourth-order valence-corrected chi connectivity index (χ4v) is 1.46. The zero-order chi connectivity index (χ0) is 8.93.